The summed E-state index contributed by atoms with van der Waals surface area (Å²) in [6, 6.07) is 8.26. The number of likely N-dealkylation sites (N-methyl/N-ethyl adjacent to an activating group) is 1. The number of anilines is 1. The molecule has 7 heteroatoms. The maximum Gasteiger partial charge on any atom is 0.226 e. The van der Waals surface area contributed by atoms with Crippen molar-refractivity contribution in [3.63, 3.8) is 0 Å². The summed E-state index contributed by atoms with van der Waals surface area (Å²) < 4.78 is 13.2. The zero-order valence-electron chi connectivity index (χ0n) is 14.9. The first kappa shape index (κ1) is 18.0. The van der Waals surface area contributed by atoms with Gasteiger partial charge in [0.15, 0.2) is 0 Å². The number of aryl methyl sites for hydroxylation is 1. The molecule has 1 aromatic carbocycles. The van der Waals surface area contributed by atoms with Gasteiger partial charge in [-0.1, -0.05) is 6.07 Å². The topological polar surface area (TPSA) is 73.9 Å². The van der Waals surface area contributed by atoms with Gasteiger partial charge in [-0.05, 0) is 43.8 Å². The van der Waals surface area contributed by atoms with Crippen molar-refractivity contribution < 1.29 is 9.18 Å². The quantitative estimate of drug-likeness (QED) is 0.683. The molecule has 0 spiro atoms. The summed E-state index contributed by atoms with van der Waals surface area (Å²) in [7, 11) is 1.96. The lowest BCUT2D eigenvalue weighted by atomic mass is 10.3. The van der Waals surface area contributed by atoms with Gasteiger partial charge in [-0.3, -0.25) is 4.79 Å². The maximum atomic E-state index is 13.2. The Balaban J connectivity index is 1.45. The smallest absolute Gasteiger partial charge is 0.226 e. The van der Waals surface area contributed by atoms with E-state index in [0.29, 0.717) is 30.7 Å². The number of halogens is 1. The van der Waals surface area contributed by atoms with Crippen molar-refractivity contribution in [1.82, 2.24) is 19.9 Å². The zero-order chi connectivity index (χ0) is 18.5. The van der Waals surface area contributed by atoms with Crippen molar-refractivity contribution >= 4 is 22.8 Å². The highest BCUT2D eigenvalue weighted by Gasteiger charge is 2.09. The first-order valence-corrected chi connectivity index (χ1v) is 8.55. The van der Waals surface area contributed by atoms with Crippen LogP contribution in [0.1, 0.15) is 17.8 Å². The number of nitrogens with one attached hydrogen (secondary N) is 2. The van der Waals surface area contributed by atoms with Crippen molar-refractivity contribution in [3.05, 3.63) is 53.7 Å². The third-order valence-electron chi connectivity index (χ3n) is 4.21. The van der Waals surface area contributed by atoms with Crippen molar-refractivity contribution in [2.45, 2.75) is 19.8 Å². The van der Waals surface area contributed by atoms with Crippen LogP contribution in [0.3, 0.4) is 0 Å². The summed E-state index contributed by atoms with van der Waals surface area (Å²) in [5.41, 5.74) is 2.40. The van der Waals surface area contributed by atoms with E-state index in [2.05, 4.69) is 25.2 Å². The van der Waals surface area contributed by atoms with Gasteiger partial charge in [0.05, 0.1) is 11.0 Å². The summed E-state index contributed by atoms with van der Waals surface area (Å²) in [4.78, 5) is 25.9. The maximum absolute atomic E-state index is 13.2. The van der Waals surface area contributed by atoms with Crippen LogP contribution in [0.5, 0.6) is 0 Å². The standard InChI is InChI=1S/C19H22FN5O/c1-13-4-3-9-21-19(13)24-18(26)8-11-25(2)10-7-17-22-15-6-5-14(20)12-16(15)23-17/h3-6,9,12H,7-8,10-11H2,1-2H3,(H,22,23)(H,21,24,26). The Labute approximate surface area is 151 Å². The minimum absolute atomic E-state index is 0.0575. The Morgan fingerprint density at radius 3 is 2.96 bits per heavy atom. The van der Waals surface area contributed by atoms with Crippen LogP contribution >= 0.6 is 0 Å². The lowest BCUT2D eigenvalue weighted by molar-refractivity contribution is -0.116. The largest absolute Gasteiger partial charge is 0.342 e. The van der Waals surface area contributed by atoms with Gasteiger partial charge in [-0.2, -0.15) is 0 Å². The Hall–Kier alpha value is -2.80. The Morgan fingerprint density at radius 2 is 2.15 bits per heavy atom. The second-order valence-electron chi connectivity index (χ2n) is 6.37. The number of imidazole rings is 1. The number of H-pyrrole nitrogens is 1. The molecule has 0 aliphatic carbocycles. The Morgan fingerprint density at radius 1 is 1.31 bits per heavy atom. The number of hydrogen-bond acceptors (Lipinski definition) is 4. The molecule has 0 radical (unpaired) electrons. The van der Waals surface area contributed by atoms with E-state index in [4.69, 9.17) is 0 Å². The summed E-state index contributed by atoms with van der Waals surface area (Å²) in [6.45, 7) is 3.29. The fraction of sp³-hybridized carbons (Fsp3) is 0.316. The molecule has 0 aliphatic heterocycles. The highest BCUT2D eigenvalue weighted by atomic mass is 19.1. The average molecular weight is 355 g/mol. The summed E-state index contributed by atoms with van der Waals surface area (Å²) in [5, 5.41) is 2.83. The van der Waals surface area contributed by atoms with Crippen LogP contribution in [0.2, 0.25) is 0 Å². The van der Waals surface area contributed by atoms with Gasteiger partial charge >= 0.3 is 0 Å². The number of aromatic amines is 1. The number of amides is 1. The van der Waals surface area contributed by atoms with Crippen molar-refractivity contribution in [3.8, 4) is 0 Å². The van der Waals surface area contributed by atoms with Gasteiger partial charge in [0.25, 0.3) is 0 Å². The van der Waals surface area contributed by atoms with Gasteiger partial charge in [0.2, 0.25) is 5.91 Å². The van der Waals surface area contributed by atoms with Gasteiger partial charge < -0.3 is 15.2 Å². The Bertz CT molecular complexity index is 908. The van der Waals surface area contributed by atoms with Crippen LogP contribution in [0.15, 0.2) is 36.5 Å². The molecular formula is C19H22FN5O. The van der Waals surface area contributed by atoms with Crippen LogP contribution in [0.25, 0.3) is 11.0 Å². The predicted octanol–water partition coefficient (Wildman–Crippen LogP) is 2.91. The fourth-order valence-electron chi connectivity index (χ4n) is 2.67. The summed E-state index contributed by atoms with van der Waals surface area (Å²) >= 11 is 0. The molecule has 0 unspecified atom stereocenters. The third kappa shape index (κ3) is 4.64. The van der Waals surface area contributed by atoms with E-state index in [-0.39, 0.29) is 11.7 Å². The van der Waals surface area contributed by atoms with Gasteiger partial charge in [0.1, 0.15) is 17.5 Å². The van der Waals surface area contributed by atoms with E-state index in [0.717, 1.165) is 23.4 Å². The molecular weight excluding hydrogens is 333 g/mol. The number of fused-ring (bicyclic) bond motifs is 1. The number of aromatic nitrogens is 3. The number of nitrogens with zero attached hydrogens (tertiary/aromatic N) is 3. The molecule has 0 fully saturated rings. The van der Waals surface area contributed by atoms with Crippen LogP contribution < -0.4 is 5.32 Å². The molecule has 2 heterocycles. The number of hydrogen-bond donors (Lipinski definition) is 2. The van der Waals surface area contributed by atoms with Crippen molar-refractivity contribution in [2.24, 2.45) is 0 Å². The van der Waals surface area contributed by atoms with E-state index >= 15 is 0 Å². The molecule has 0 saturated heterocycles. The highest BCUT2D eigenvalue weighted by Crippen LogP contribution is 2.13. The molecule has 1 amide bonds. The normalized spacial score (nSPS) is 11.2. The van der Waals surface area contributed by atoms with E-state index in [1.807, 2.05) is 26.1 Å². The first-order valence-electron chi connectivity index (χ1n) is 8.55. The fourth-order valence-corrected chi connectivity index (χ4v) is 2.67. The van der Waals surface area contributed by atoms with Gasteiger partial charge in [-0.25, -0.2) is 14.4 Å². The minimum atomic E-state index is -0.279. The monoisotopic (exact) mass is 355 g/mol. The second-order valence-corrected chi connectivity index (χ2v) is 6.37. The highest BCUT2D eigenvalue weighted by molar-refractivity contribution is 5.90. The summed E-state index contributed by atoms with van der Waals surface area (Å²) in [5.74, 6) is 1.08. The first-order chi connectivity index (χ1) is 12.5. The summed E-state index contributed by atoms with van der Waals surface area (Å²) in [6.07, 6.45) is 2.75. The molecule has 6 nitrogen and oxygen atoms in total. The van der Waals surface area contributed by atoms with Crippen molar-refractivity contribution in [1.29, 1.82) is 0 Å². The molecule has 0 aliphatic rings. The van der Waals surface area contributed by atoms with Gasteiger partial charge in [0, 0.05) is 32.1 Å². The molecule has 3 aromatic rings. The van der Waals surface area contributed by atoms with Crippen molar-refractivity contribution in [2.75, 3.05) is 25.5 Å². The number of carbonyl (C=O) groups is 1. The predicted molar refractivity (Wildman–Crippen MR) is 99.5 cm³/mol. The van der Waals surface area contributed by atoms with Crippen LogP contribution in [0.4, 0.5) is 10.2 Å². The molecule has 26 heavy (non-hydrogen) atoms. The lowest BCUT2D eigenvalue weighted by Gasteiger charge is -2.15. The average Bonchev–Trinajstić information content (AvgIpc) is 3.02. The molecule has 0 bridgehead atoms. The van der Waals surface area contributed by atoms with Crippen LogP contribution in [-0.4, -0.2) is 45.9 Å². The minimum Gasteiger partial charge on any atom is -0.342 e. The molecule has 2 N–H and O–H groups in total. The van der Waals surface area contributed by atoms with E-state index in [9.17, 15) is 9.18 Å². The molecule has 0 saturated carbocycles. The lowest BCUT2D eigenvalue weighted by Crippen LogP contribution is -2.26. The van der Waals surface area contributed by atoms with Crippen LogP contribution in [0, 0.1) is 12.7 Å². The molecule has 0 atom stereocenters. The van der Waals surface area contributed by atoms with Gasteiger partial charge in [-0.15, -0.1) is 0 Å². The zero-order valence-corrected chi connectivity index (χ0v) is 14.9. The van der Waals surface area contributed by atoms with E-state index < -0.39 is 0 Å². The third-order valence-corrected chi connectivity index (χ3v) is 4.21. The molecule has 3 rings (SSSR count). The number of carbonyl (C=O) groups excluding carboxylic acids is 1. The molecule has 2 aromatic heterocycles. The van der Waals surface area contributed by atoms with E-state index in [1.54, 1.807) is 12.3 Å². The van der Waals surface area contributed by atoms with Crippen LogP contribution in [-0.2, 0) is 11.2 Å². The molecule has 136 valence electrons. The second kappa shape index (κ2) is 8.05. The Kier molecular flexibility index (Phi) is 5.58. The van der Waals surface area contributed by atoms with E-state index in [1.165, 1.54) is 12.1 Å². The SMILES string of the molecule is Cc1cccnc1NC(=O)CCN(C)CCc1nc2ccc(F)cc2[nH]1. The number of rotatable bonds is 7. The number of benzene rings is 1. The number of pyridine rings is 1.